The van der Waals surface area contributed by atoms with E-state index in [1.165, 1.54) is 0 Å². The third-order valence-electron chi connectivity index (χ3n) is 3.38. The van der Waals surface area contributed by atoms with Crippen LogP contribution in [0.3, 0.4) is 0 Å². The molecule has 1 aromatic heterocycles. The summed E-state index contributed by atoms with van der Waals surface area (Å²) >= 11 is 0. The molecule has 20 heavy (non-hydrogen) atoms. The van der Waals surface area contributed by atoms with Crippen molar-refractivity contribution in [1.29, 1.82) is 0 Å². The molecule has 1 aliphatic rings. The van der Waals surface area contributed by atoms with Gasteiger partial charge in [-0.05, 0) is 13.3 Å². The average molecular weight is 280 g/mol. The Hall–Kier alpha value is -1.47. The largest absolute Gasteiger partial charge is 0.379 e. The fourth-order valence-electron chi connectivity index (χ4n) is 1.94. The maximum absolute atomic E-state index is 5.33. The fraction of sp³-hybridized carbons (Fsp3) is 0.769. The molecule has 1 unspecified atom stereocenters. The van der Waals surface area contributed by atoms with E-state index in [0.29, 0.717) is 12.0 Å². The lowest BCUT2D eigenvalue weighted by atomic mass is 10.3. The predicted octanol–water partition coefficient (Wildman–Crippen LogP) is 0.826. The Morgan fingerprint density at radius 1 is 1.40 bits per heavy atom. The molecule has 0 aliphatic carbocycles. The quantitative estimate of drug-likeness (QED) is 0.766. The summed E-state index contributed by atoms with van der Waals surface area (Å²) in [6, 6.07) is 0.348. The zero-order chi connectivity index (χ0) is 14.2. The van der Waals surface area contributed by atoms with Gasteiger partial charge in [-0.25, -0.2) is 0 Å². The molecular formula is C13H24N6O. The van der Waals surface area contributed by atoms with Crippen molar-refractivity contribution in [1.82, 2.24) is 20.1 Å². The number of aromatic nitrogens is 3. The molecule has 2 rings (SSSR count). The van der Waals surface area contributed by atoms with Crippen LogP contribution in [0.2, 0.25) is 0 Å². The van der Waals surface area contributed by atoms with E-state index in [1.807, 2.05) is 0 Å². The van der Waals surface area contributed by atoms with Crippen molar-refractivity contribution in [2.75, 3.05) is 50.0 Å². The lowest BCUT2D eigenvalue weighted by Gasteiger charge is -2.26. The van der Waals surface area contributed by atoms with Crippen LogP contribution in [-0.2, 0) is 4.74 Å². The SMILES string of the molecule is CCC(C)Nc1nncc(NCCN2CCOCC2)n1. The van der Waals surface area contributed by atoms with E-state index < -0.39 is 0 Å². The Morgan fingerprint density at radius 3 is 2.95 bits per heavy atom. The van der Waals surface area contributed by atoms with Gasteiger partial charge >= 0.3 is 0 Å². The van der Waals surface area contributed by atoms with Crippen LogP contribution in [-0.4, -0.2) is 65.5 Å². The number of nitrogens with zero attached hydrogens (tertiary/aromatic N) is 4. The topological polar surface area (TPSA) is 75.2 Å². The molecule has 1 saturated heterocycles. The number of ether oxygens (including phenoxy) is 1. The monoisotopic (exact) mass is 280 g/mol. The Kier molecular flexibility index (Phi) is 5.94. The molecule has 1 atom stereocenters. The van der Waals surface area contributed by atoms with Gasteiger partial charge in [-0.1, -0.05) is 6.92 Å². The molecule has 1 aliphatic heterocycles. The van der Waals surface area contributed by atoms with Gasteiger partial charge in [0.2, 0.25) is 5.95 Å². The number of nitrogens with one attached hydrogen (secondary N) is 2. The van der Waals surface area contributed by atoms with Crippen LogP contribution in [0.25, 0.3) is 0 Å². The number of hydrogen-bond donors (Lipinski definition) is 2. The molecule has 7 heteroatoms. The number of hydrogen-bond acceptors (Lipinski definition) is 7. The summed E-state index contributed by atoms with van der Waals surface area (Å²) in [6.07, 6.45) is 2.68. The summed E-state index contributed by atoms with van der Waals surface area (Å²) in [6.45, 7) is 9.73. The van der Waals surface area contributed by atoms with Crippen LogP contribution >= 0.6 is 0 Å². The molecule has 7 nitrogen and oxygen atoms in total. The maximum Gasteiger partial charge on any atom is 0.244 e. The van der Waals surface area contributed by atoms with Crippen molar-refractivity contribution in [3.8, 4) is 0 Å². The molecule has 0 amide bonds. The highest BCUT2D eigenvalue weighted by atomic mass is 16.5. The molecule has 2 N–H and O–H groups in total. The van der Waals surface area contributed by atoms with E-state index >= 15 is 0 Å². The number of rotatable bonds is 7. The first-order valence-corrected chi connectivity index (χ1v) is 7.28. The highest BCUT2D eigenvalue weighted by molar-refractivity contribution is 5.37. The third kappa shape index (κ3) is 4.90. The Labute approximate surface area is 120 Å². The first kappa shape index (κ1) is 14.9. The van der Waals surface area contributed by atoms with Crippen LogP contribution in [0.5, 0.6) is 0 Å². The van der Waals surface area contributed by atoms with Gasteiger partial charge in [0.05, 0.1) is 19.4 Å². The Bertz CT molecular complexity index is 396. The standard InChI is InChI=1S/C13H24N6O/c1-3-11(2)16-13-17-12(10-15-18-13)14-4-5-19-6-8-20-9-7-19/h10-11H,3-9H2,1-2H3,(H2,14,16,17,18). The molecule has 0 radical (unpaired) electrons. The van der Waals surface area contributed by atoms with Crippen LogP contribution in [0.4, 0.5) is 11.8 Å². The summed E-state index contributed by atoms with van der Waals surface area (Å²) < 4.78 is 5.33. The highest BCUT2D eigenvalue weighted by Crippen LogP contribution is 2.06. The molecule has 0 bridgehead atoms. The molecule has 1 fully saturated rings. The molecular weight excluding hydrogens is 256 g/mol. The van der Waals surface area contributed by atoms with Gasteiger partial charge in [-0.2, -0.15) is 10.1 Å². The van der Waals surface area contributed by atoms with Crippen molar-refractivity contribution in [3.63, 3.8) is 0 Å². The Morgan fingerprint density at radius 2 is 2.20 bits per heavy atom. The predicted molar refractivity (Wildman–Crippen MR) is 79.0 cm³/mol. The highest BCUT2D eigenvalue weighted by Gasteiger charge is 2.09. The second kappa shape index (κ2) is 7.96. The lowest BCUT2D eigenvalue weighted by molar-refractivity contribution is 0.0398. The van der Waals surface area contributed by atoms with Gasteiger partial charge in [-0.3, -0.25) is 4.90 Å². The zero-order valence-corrected chi connectivity index (χ0v) is 12.3. The van der Waals surface area contributed by atoms with Gasteiger partial charge in [0.1, 0.15) is 0 Å². The van der Waals surface area contributed by atoms with Crippen LogP contribution in [0, 0.1) is 0 Å². The second-order valence-corrected chi connectivity index (χ2v) is 5.00. The van der Waals surface area contributed by atoms with Crippen LogP contribution < -0.4 is 10.6 Å². The molecule has 1 aromatic rings. The summed E-state index contributed by atoms with van der Waals surface area (Å²) in [5.74, 6) is 1.34. The van der Waals surface area contributed by atoms with Gasteiger partial charge in [0.15, 0.2) is 5.82 Å². The van der Waals surface area contributed by atoms with Crippen molar-refractivity contribution >= 4 is 11.8 Å². The first-order chi connectivity index (χ1) is 9.78. The molecule has 112 valence electrons. The summed E-state index contributed by atoms with van der Waals surface area (Å²) in [5.41, 5.74) is 0. The summed E-state index contributed by atoms with van der Waals surface area (Å²) in [7, 11) is 0. The minimum Gasteiger partial charge on any atom is -0.379 e. The maximum atomic E-state index is 5.33. The molecule has 0 saturated carbocycles. The van der Waals surface area contributed by atoms with E-state index in [2.05, 4.69) is 44.6 Å². The van der Waals surface area contributed by atoms with Crippen LogP contribution in [0.1, 0.15) is 20.3 Å². The van der Waals surface area contributed by atoms with Crippen molar-refractivity contribution in [2.45, 2.75) is 26.3 Å². The number of anilines is 2. The molecule has 0 aromatic carbocycles. The molecule has 0 spiro atoms. The van der Waals surface area contributed by atoms with Gasteiger partial charge in [-0.15, -0.1) is 5.10 Å². The van der Waals surface area contributed by atoms with Gasteiger partial charge in [0.25, 0.3) is 0 Å². The van der Waals surface area contributed by atoms with E-state index in [-0.39, 0.29) is 0 Å². The first-order valence-electron chi connectivity index (χ1n) is 7.28. The smallest absolute Gasteiger partial charge is 0.244 e. The average Bonchev–Trinajstić information content (AvgIpc) is 2.48. The Balaban J connectivity index is 1.75. The third-order valence-corrected chi connectivity index (χ3v) is 3.38. The van der Waals surface area contributed by atoms with Crippen LogP contribution in [0.15, 0.2) is 6.20 Å². The van der Waals surface area contributed by atoms with Gasteiger partial charge < -0.3 is 15.4 Å². The van der Waals surface area contributed by atoms with E-state index in [9.17, 15) is 0 Å². The lowest BCUT2D eigenvalue weighted by Crippen LogP contribution is -2.39. The van der Waals surface area contributed by atoms with E-state index in [0.717, 1.165) is 51.6 Å². The zero-order valence-electron chi connectivity index (χ0n) is 12.3. The minimum atomic E-state index is 0.348. The van der Waals surface area contributed by atoms with Crippen molar-refractivity contribution in [3.05, 3.63) is 6.20 Å². The van der Waals surface area contributed by atoms with E-state index in [4.69, 9.17) is 4.74 Å². The normalized spacial score (nSPS) is 17.7. The fourth-order valence-corrected chi connectivity index (χ4v) is 1.94. The summed E-state index contributed by atoms with van der Waals surface area (Å²) in [5, 5.41) is 14.5. The molecule has 2 heterocycles. The minimum absolute atomic E-state index is 0.348. The van der Waals surface area contributed by atoms with Crippen molar-refractivity contribution < 1.29 is 4.74 Å². The van der Waals surface area contributed by atoms with Crippen molar-refractivity contribution in [2.24, 2.45) is 0 Å². The second-order valence-electron chi connectivity index (χ2n) is 5.00. The van der Waals surface area contributed by atoms with Gasteiger partial charge in [0, 0.05) is 32.2 Å². The number of morpholine rings is 1. The summed E-state index contributed by atoms with van der Waals surface area (Å²) in [4.78, 5) is 6.78. The van der Waals surface area contributed by atoms with E-state index in [1.54, 1.807) is 6.20 Å².